The third-order valence-corrected chi connectivity index (χ3v) is 7.08. The summed E-state index contributed by atoms with van der Waals surface area (Å²) < 4.78 is 16.8. The molecule has 0 saturated carbocycles. The molecule has 0 unspecified atom stereocenters. The van der Waals surface area contributed by atoms with Gasteiger partial charge in [0.15, 0.2) is 0 Å². The molecule has 0 fully saturated rings. The minimum Gasteiger partial charge on any atom is -0.497 e. The Hall–Kier alpha value is -5.33. The van der Waals surface area contributed by atoms with Crippen molar-refractivity contribution in [3.63, 3.8) is 0 Å². The van der Waals surface area contributed by atoms with Crippen molar-refractivity contribution < 1.29 is 28.3 Å². The fraction of sp³-hybridized carbons (Fsp3) is 0.323. The Morgan fingerprint density at radius 3 is 2.30 bits per heavy atom. The van der Waals surface area contributed by atoms with Gasteiger partial charge in [0.1, 0.15) is 12.3 Å². The molecular weight excluding hydrogens is 568 g/mol. The molecule has 0 aliphatic heterocycles. The molecule has 2 amide bonds. The lowest BCUT2D eigenvalue weighted by Gasteiger charge is -2.22. The number of hydrogen-bond acceptors (Lipinski definition) is 10. The second-order valence-electron chi connectivity index (χ2n) is 10.8. The van der Waals surface area contributed by atoms with Crippen molar-refractivity contribution >= 4 is 23.6 Å². The van der Waals surface area contributed by atoms with E-state index in [0.29, 0.717) is 17.0 Å². The number of aromatic nitrogens is 4. The van der Waals surface area contributed by atoms with Crippen LogP contribution in [0.15, 0.2) is 70.0 Å². The molecule has 0 bridgehead atoms. The van der Waals surface area contributed by atoms with E-state index < -0.39 is 41.3 Å². The standard InChI is InChI=1S/C31H34N6O7/c1-18(2)24(25(39)27-35-36-29(44-27)31(3,4)20-12-14-21(42-5)15-13-20)33-23(38)17-37-22(19-10-8-7-9-11-19)16-32-26(28(37)40)34-30(41)43-6/h7-16,18,24H,17H2,1-6H3,(H,33,38)(H,32,34,41)/t24-/m1/s1. The van der Waals surface area contributed by atoms with E-state index >= 15 is 0 Å². The lowest BCUT2D eigenvalue weighted by molar-refractivity contribution is -0.122. The molecule has 0 aliphatic carbocycles. The monoisotopic (exact) mass is 602 g/mol. The van der Waals surface area contributed by atoms with Gasteiger partial charge in [-0.25, -0.2) is 9.78 Å². The number of ether oxygens (including phenoxy) is 2. The number of amides is 2. The van der Waals surface area contributed by atoms with Gasteiger partial charge in [0, 0.05) is 0 Å². The van der Waals surface area contributed by atoms with Crippen LogP contribution in [0.1, 0.15) is 49.8 Å². The molecule has 2 N–H and O–H groups in total. The van der Waals surface area contributed by atoms with E-state index in [4.69, 9.17) is 9.15 Å². The second-order valence-corrected chi connectivity index (χ2v) is 10.8. The van der Waals surface area contributed by atoms with Crippen LogP contribution in [-0.2, 0) is 21.5 Å². The molecule has 13 heteroatoms. The average molecular weight is 603 g/mol. The number of anilines is 1. The maximum Gasteiger partial charge on any atom is 0.412 e. The van der Waals surface area contributed by atoms with Crippen LogP contribution in [0.25, 0.3) is 11.3 Å². The van der Waals surface area contributed by atoms with E-state index in [1.54, 1.807) is 51.3 Å². The first-order valence-electron chi connectivity index (χ1n) is 13.8. The Balaban J connectivity index is 1.58. The summed E-state index contributed by atoms with van der Waals surface area (Å²) in [4.78, 5) is 56.0. The number of Topliss-reactive ketones (excluding diaryl/α,β-unsaturated/α-hetero) is 1. The first-order valence-corrected chi connectivity index (χ1v) is 13.8. The lowest BCUT2D eigenvalue weighted by atomic mass is 9.84. The Labute approximate surface area is 253 Å². The van der Waals surface area contributed by atoms with Crippen LogP contribution in [-0.4, -0.2) is 57.8 Å². The predicted molar refractivity (Wildman–Crippen MR) is 160 cm³/mol. The van der Waals surface area contributed by atoms with E-state index in [1.165, 1.54) is 6.20 Å². The third kappa shape index (κ3) is 6.83. The van der Waals surface area contributed by atoms with Crippen molar-refractivity contribution in [2.45, 2.75) is 45.7 Å². The van der Waals surface area contributed by atoms with Gasteiger partial charge in [0.25, 0.3) is 11.4 Å². The molecule has 0 radical (unpaired) electrons. The number of hydrogen-bond donors (Lipinski definition) is 2. The maximum atomic E-state index is 13.5. The molecule has 13 nitrogen and oxygen atoms in total. The first-order chi connectivity index (χ1) is 21.0. The highest BCUT2D eigenvalue weighted by Gasteiger charge is 2.34. The Kier molecular flexibility index (Phi) is 9.57. The molecule has 2 aromatic heterocycles. The van der Waals surface area contributed by atoms with E-state index in [1.807, 2.05) is 38.1 Å². The van der Waals surface area contributed by atoms with Crippen LogP contribution >= 0.6 is 0 Å². The van der Waals surface area contributed by atoms with E-state index in [-0.39, 0.29) is 23.5 Å². The summed E-state index contributed by atoms with van der Waals surface area (Å²) >= 11 is 0. The summed E-state index contributed by atoms with van der Waals surface area (Å²) in [5.74, 6) is -1.23. The van der Waals surface area contributed by atoms with Gasteiger partial charge in [-0.2, -0.15) is 0 Å². The number of methoxy groups -OCH3 is 2. The van der Waals surface area contributed by atoms with Gasteiger partial charge < -0.3 is 19.2 Å². The van der Waals surface area contributed by atoms with Gasteiger partial charge in [-0.1, -0.05) is 56.3 Å². The highest BCUT2D eigenvalue weighted by molar-refractivity contribution is 5.98. The van der Waals surface area contributed by atoms with Crippen molar-refractivity contribution in [2.24, 2.45) is 5.92 Å². The summed E-state index contributed by atoms with van der Waals surface area (Å²) in [5.41, 5.74) is 0.356. The molecule has 4 rings (SSSR count). The van der Waals surface area contributed by atoms with E-state index in [2.05, 4.69) is 30.6 Å². The van der Waals surface area contributed by atoms with E-state index in [9.17, 15) is 19.2 Å². The molecule has 0 saturated heterocycles. The lowest BCUT2D eigenvalue weighted by Crippen LogP contribution is -2.46. The first kappa shape index (κ1) is 31.6. The zero-order valence-electron chi connectivity index (χ0n) is 25.3. The molecule has 4 aromatic rings. The SMILES string of the molecule is COC(=O)Nc1ncc(-c2ccccc2)n(CC(=O)N[C@@H](C(=O)c2nnc(C(C)(C)c3ccc(OC)cc3)o2)C(C)C)c1=O. The molecule has 0 spiro atoms. The number of nitrogens with one attached hydrogen (secondary N) is 2. The van der Waals surface area contributed by atoms with Crippen molar-refractivity contribution in [1.82, 2.24) is 25.1 Å². The second kappa shape index (κ2) is 13.3. The van der Waals surface area contributed by atoms with Crippen molar-refractivity contribution in [3.05, 3.63) is 88.5 Å². The molecule has 44 heavy (non-hydrogen) atoms. The van der Waals surface area contributed by atoms with Crippen LogP contribution < -0.4 is 20.9 Å². The molecule has 230 valence electrons. The smallest absolute Gasteiger partial charge is 0.412 e. The Morgan fingerprint density at radius 1 is 1.00 bits per heavy atom. The summed E-state index contributed by atoms with van der Waals surface area (Å²) in [6.45, 7) is 6.82. The number of carbonyl (C=O) groups is 3. The number of ketones is 1. The quantitative estimate of drug-likeness (QED) is 0.241. The van der Waals surface area contributed by atoms with Gasteiger partial charge in [0.05, 0.1) is 37.6 Å². The minimum atomic E-state index is -1.04. The van der Waals surface area contributed by atoms with E-state index in [0.717, 1.165) is 17.2 Å². The van der Waals surface area contributed by atoms with Crippen LogP contribution in [0.5, 0.6) is 5.75 Å². The Morgan fingerprint density at radius 2 is 1.68 bits per heavy atom. The van der Waals surface area contributed by atoms with Crippen LogP contribution in [0.2, 0.25) is 0 Å². The van der Waals surface area contributed by atoms with Gasteiger partial charge in [-0.3, -0.25) is 24.3 Å². The van der Waals surface area contributed by atoms with Gasteiger partial charge in [0.2, 0.25) is 23.4 Å². The van der Waals surface area contributed by atoms with Gasteiger partial charge >= 0.3 is 6.09 Å². The number of nitrogens with zero attached hydrogens (tertiary/aromatic N) is 4. The summed E-state index contributed by atoms with van der Waals surface area (Å²) in [6, 6.07) is 15.2. The molecule has 0 aliphatic rings. The van der Waals surface area contributed by atoms with Crippen molar-refractivity contribution in [2.75, 3.05) is 19.5 Å². The molecular formula is C31H34N6O7. The number of rotatable bonds is 11. The fourth-order valence-corrected chi connectivity index (χ4v) is 4.45. The van der Waals surface area contributed by atoms with Gasteiger partial charge in [-0.05, 0) is 43.0 Å². The minimum absolute atomic E-state index is 0.223. The third-order valence-electron chi connectivity index (χ3n) is 7.08. The summed E-state index contributed by atoms with van der Waals surface area (Å²) in [6.07, 6.45) is 0.475. The highest BCUT2D eigenvalue weighted by atomic mass is 16.5. The number of benzene rings is 2. The summed E-state index contributed by atoms with van der Waals surface area (Å²) in [7, 11) is 2.73. The zero-order valence-corrected chi connectivity index (χ0v) is 25.3. The topological polar surface area (TPSA) is 168 Å². The van der Waals surface area contributed by atoms with Crippen molar-refractivity contribution in [1.29, 1.82) is 0 Å². The average Bonchev–Trinajstić information content (AvgIpc) is 3.53. The Bertz CT molecular complexity index is 1690. The molecule has 2 aromatic carbocycles. The van der Waals surface area contributed by atoms with Crippen LogP contribution in [0, 0.1) is 5.92 Å². The summed E-state index contributed by atoms with van der Waals surface area (Å²) in [5, 5.41) is 13.1. The zero-order chi connectivity index (χ0) is 32.0. The predicted octanol–water partition coefficient (Wildman–Crippen LogP) is 3.83. The molecule has 1 atom stereocenters. The van der Waals surface area contributed by atoms with Crippen LogP contribution in [0.3, 0.4) is 0 Å². The van der Waals surface area contributed by atoms with Crippen molar-refractivity contribution in [3.8, 4) is 17.0 Å². The molecule has 2 heterocycles. The largest absolute Gasteiger partial charge is 0.497 e. The van der Waals surface area contributed by atoms with Gasteiger partial charge in [-0.15, -0.1) is 10.2 Å². The van der Waals surface area contributed by atoms with Crippen LogP contribution in [0.4, 0.5) is 10.6 Å². The highest BCUT2D eigenvalue weighted by Crippen LogP contribution is 2.32. The normalized spacial score (nSPS) is 12.0. The fourth-order valence-electron chi connectivity index (χ4n) is 4.45. The maximum absolute atomic E-state index is 13.5. The number of carbonyl (C=O) groups excluding carboxylic acids is 3.